The molecule has 2 heterocycles. The van der Waals surface area contributed by atoms with Gasteiger partial charge in [-0.1, -0.05) is 6.92 Å². The highest BCUT2D eigenvalue weighted by atomic mass is 35.5. The second-order valence-corrected chi connectivity index (χ2v) is 6.20. The number of rotatable bonds is 6. The smallest absolute Gasteiger partial charge is 0.127 e. The summed E-state index contributed by atoms with van der Waals surface area (Å²) in [5.74, 6) is 3.30. The van der Waals surface area contributed by atoms with Gasteiger partial charge in [-0.05, 0) is 30.9 Å². The molecule has 0 aliphatic heterocycles. The summed E-state index contributed by atoms with van der Waals surface area (Å²) >= 11 is 8.18. The van der Waals surface area contributed by atoms with Crippen molar-refractivity contribution in [3.05, 3.63) is 24.3 Å². The molecule has 0 fully saturated rings. The zero-order chi connectivity index (χ0) is 13.0. The van der Waals surface area contributed by atoms with Gasteiger partial charge in [0.05, 0.1) is 17.1 Å². The lowest BCUT2D eigenvalue weighted by molar-refractivity contribution is 0.658. The van der Waals surface area contributed by atoms with E-state index in [2.05, 4.69) is 21.5 Å². The van der Waals surface area contributed by atoms with E-state index in [1.54, 1.807) is 6.20 Å². The maximum absolute atomic E-state index is 6.21. The molecular formula is C13H18ClN3S. The first-order valence-corrected chi connectivity index (χ1v) is 7.85. The average Bonchev–Trinajstić information content (AvgIpc) is 2.74. The van der Waals surface area contributed by atoms with E-state index < -0.39 is 0 Å². The highest BCUT2D eigenvalue weighted by Crippen LogP contribution is 2.24. The van der Waals surface area contributed by atoms with Gasteiger partial charge in [0.25, 0.3) is 0 Å². The number of halogens is 1. The summed E-state index contributed by atoms with van der Waals surface area (Å²) in [5, 5.41) is -0.0729. The van der Waals surface area contributed by atoms with E-state index in [1.807, 2.05) is 30.9 Å². The maximum Gasteiger partial charge on any atom is 0.127 e. The van der Waals surface area contributed by atoms with Crippen molar-refractivity contribution in [1.29, 1.82) is 0 Å². The summed E-state index contributed by atoms with van der Waals surface area (Å²) in [4.78, 5) is 8.69. The van der Waals surface area contributed by atoms with Gasteiger partial charge in [-0.2, -0.15) is 11.8 Å². The fourth-order valence-electron chi connectivity index (χ4n) is 2.01. The number of alkyl halides is 1. The Bertz CT molecular complexity index is 510. The normalized spacial score (nSPS) is 13.1. The van der Waals surface area contributed by atoms with Gasteiger partial charge in [-0.3, -0.25) is 4.98 Å². The molecule has 0 aliphatic carbocycles. The minimum absolute atomic E-state index is 0.0729. The topological polar surface area (TPSA) is 30.7 Å². The van der Waals surface area contributed by atoms with Crippen LogP contribution in [0.2, 0.25) is 0 Å². The molecular weight excluding hydrogens is 266 g/mol. The molecule has 0 amide bonds. The molecule has 18 heavy (non-hydrogen) atoms. The van der Waals surface area contributed by atoms with Gasteiger partial charge in [-0.25, -0.2) is 4.98 Å². The Morgan fingerprint density at radius 1 is 1.50 bits per heavy atom. The van der Waals surface area contributed by atoms with Crippen LogP contribution in [0.3, 0.4) is 0 Å². The molecule has 0 bridgehead atoms. The van der Waals surface area contributed by atoms with Crippen LogP contribution in [-0.4, -0.2) is 26.0 Å². The third-order valence-corrected chi connectivity index (χ3v) is 3.99. The first-order valence-electron chi connectivity index (χ1n) is 6.26. The van der Waals surface area contributed by atoms with Gasteiger partial charge in [0.1, 0.15) is 11.3 Å². The molecule has 0 radical (unpaired) electrons. The first-order chi connectivity index (χ1) is 8.74. The van der Waals surface area contributed by atoms with Gasteiger partial charge in [0.15, 0.2) is 0 Å². The quantitative estimate of drug-likeness (QED) is 0.595. The minimum atomic E-state index is -0.0729. The average molecular weight is 284 g/mol. The van der Waals surface area contributed by atoms with Crippen molar-refractivity contribution in [2.45, 2.75) is 32.2 Å². The highest BCUT2D eigenvalue weighted by molar-refractivity contribution is 7.99. The predicted molar refractivity (Wildman–Crippen MR) is 79.4 cm³/mol. The Kier molecular flexibility index (Phi) is 4.89. The number of hydrogen-bond donors (Lipinski definition) is 0. The van der Waals surface area contributed by atoms with E-state index in [1.165, 1.54) is 11.5 Å². The third-order valence-electron chi connectivity index (χ3n) is 2.81. The van der Waals surface area contributed by atoms with Crippen molar-refractivity contribution in [2.75, 3.05) is 11.5 Å². The van der Waals surface area contributed by atoms with Crippen molar-refractivity contribution in [3.63, 3.8) is 0 Å². The number of pyridine rings is 1. The molecule has 2 aromatic rings. The van der Waals surface area contributed by atoms with E-state index in [0.29, 0.717) is 0 Å². The summed E-state index contributed by atoms with van der Waals surface area (Å²) in [5.41, 5.74) is 2.07. The third kappa shape index (κ3) is 2.98. The number of aryl methyl sites for hydroxylation is 1. The summed E-state index contributed by atoms with van der Waals surface area (Å²) in [6, 6.07) is 2.01. The van der Waals surface area contributed by atoms with Crippen molar-refractivity contribution in [1.82, 2.24) is 14.5 Å². The molecule has 5 heteroatoms. The molecule has 0 N–H and O–H groups in total. The Hall–Kier alpha value is -0.740. The number of nitrogens with zero attached hydrogens (tertiary/aromatic N) is 3. The number of aromatic nitrogens is 3. The molecule has 2 aromatic heterocycles. The number of fused-ring (bicyclic) bond motifs is 1. The van der Waals surface area contributed by atoms with E-state index >= 15 is 0 Å². The lowest BCUT2D eigenvalue weighted by atomic mass is 10.3. The summed E-state index contributed by atoms with van der Waals surface area (Å²) in [6.07, 6.45) is 4.75. The highest BCUT2D eigenvalue weighted by Gasteiger charge is 2.14. The summed E-state index contributed by atoms with van der Waals surface area (Å²) < 4.78 is 2.23. The molecule has 0 saturated carbocycles. The van der Waals surface area contributed by atoms with E-state index in [-0.39, 0.29) is 5.38 Å². The SMILES string of the molecule is CCSCCCn1c(C(C)Cl)nc2cnccc21. The van der Waals surface area contributed by atoms with Gasteiger partial charge >= 0.3 is 0 Å². The van der Waals surface area contributed by atoms with Crippen LogP contribution in [0.25, 0.3) is 11.0 Å². The molecule has 0 aliphatic rings. The number of thioether (sulfide) groups is 1. The molecule has 98 valence electrons. The van der Waals surface area contributed by atoms with Crippen LogP contribution in [-0.2, 0) is 6.54 Å². The van der Waals surface area contributed by atoms with Crippen LogP contribution in [0, 0.1) is 0 Å². The van der Waals surface area contributed by atoms with E-state index in [4.69, 9.17) is 11.6 Å². The Morgan fingerprint density at radius 3 is 3.06 bits per heavy atom. The van der Waals surface area contributed by atoms with Crippen molar-refractivity contribution >= 4 is 34.4 Å². The molecule has 0 spiro atoms. The standard InChI is InChI=1S/C13H18ClN3S/c1-3-18-8-4-7-17-12-5-6-15-9-11(12)16-13(17)10(2)14/h5-6,9-10H,3-4,7-8H2,1-2H3. The summed E-state index contributed by atoms with van der Waals surface area (Å²) in [6.45, 7) is 5.13. The van der Waals surface area contributed by atoms with Crippen LogP contribution >= 0.6 is 23.4 Å². The van der Waals surface area contributed by atoms with Gasteiger partial charge in [-0.15, -0.1) is 11.6 Å². The molecule has 1 atom stereocenters. The zero-order valence-electron chi connectivity index (χ0n) is 10.8. The monoisotopic (exact) mass is 283 g/mol. The van der Waals surface area contributed by atoms with Crippen molar-refractivity contribution in [2.24, 2.45) is 0 Å². The minimum Gasteiger partial charge on any atom is -0.327 e. The second kappa shape index (κ2) is 6.43. The molecule has 0 aromatic carbocycles. The van der Waals surface area contributed by atoms with Crippen molar-refractivity contribution < 1.29 is 0 Å². The van der Waals surface area contributed by atoms with E-state index in [0.717, 1.165) is 29.8 Å². The fourth-order valence-corrected chi connectivity index (χ4v) is 2.80. The molecule has 1 unspecified atom stereocenters. The van der Waals surface area contributed by atoms with Gasteiger partial charge in [0.2, 0.25) is 0 Å². The lowest BCUT2D eigenvalue weighted by Gasteiger charge is -2.10. The largest absolute Gasteiger partial charge is 0.327 e. The van der Waals surface area contributed by atoms with Crippen molar-refractivity contribution in [3.8, 4) is 0 Å². The van der Waals surface area contributed by atoms with Gasteiger partial charge < -0.3 is 4.57 Å². The lowest BCUT2D eigenvalue weighted by Crippen LogP contribution is -2.05. The van der Waals surface area contributed by atoms with Crippen LogP contribution in [0.1, 0.15) is 31.5 Å². The van der Waals surface area contributed by atoms with Crippen LogP contribution in [0.15, 0.2) is 18.5 Å². The fraction of sp³-hybridized carbons (Fsp3) is 0.538. The van der Waals surface area contributed by atoms with Gasteiger partial charge in [0, 0.05) is 12.7 Å². The van der Waals surface area contributed by atoms with Crippen LogP contribution < -0.4 is 0 Å². The molecule has 2 rings (SSSR count). The Balaban J connectivity index is 2.24. The Morgan fingerprint density at radius 2 is 2.33 bits per heavy atom. The van der Waals surface area contributed by atoms with Crippen LogP contribution in [0.5, 0.6) is 0 Å². The summed E-state index contributed by atoms with van der Waals surface area (Å²) in [7, 11) is 0. The maximum atomic E-state index is 6.21. The number of hydrogen-bond acceptors (Lipinski definition) is 3. The number of imidazole rings is 1. The first kappa shape index (κ1) is 13.7. The van der Waals surface area contributed by atoms with E-state index in [9.17, 15) is 0 Å². The second-order valence-electron chi connectivity index (χ2n) is 4.15. The Labute approximate surface area is 117 Å². The molecule has 0 saturated heterocycles. The zero-order valence-corrected chi connectivity index (χ0v) is 12.3. The predicted octanol–water partition coefficient (Wildman–Crippen LogP) is 3.87. The molecule has 3 nitrogen and oxygen atoms in total. The van der Waals surface area contributed by atoms with Crippen LogP contribution in [0.4, 0.5) is 0 Å².